The molecule has 0 radical (unpaired) electrons. The first kappa shape index (κ1) is 22.9. The van der Waals surface area contributed by atoms with Gasteiger partial charge in [0.15, 0.2) is 0 Å². The van der Waals surface area contributed by atoms with Gasteiger partial charge < -0.3 is 20.7 Å². The molecule has 0 atom stereocenters. The Bertz CT molecular complexity index is 1140. The Morgan fingerprint density at radius 3 is 2.28 bits per heavy atom. The molecule has 0 saturated heterocycles. The largest absolute Gasteiger partial charge is 0.439 e. The summed E-state index contributed by atoms with van der Waals surface area (Å²) in [6, 6.07) is 13.2. The normalized spacial score (nSPS) is 10.9. The molecule has 3 aromatic rings. The number of ether oxygens (including phenoxy) is 1. The van der Waals surface area contributed by atoms with E-state index in [1.807, 2.05) is 0 Å². The summed E-state index contributed by atoms with van der Waals surface area (Å²) in [7, 11) is 1.49. The highest BCUT2D eigenvalue weighted by Gasteiger charge is 2.33. The zero-order chi connectivity index (χ0) is 23.3. The van der Waals surface area contributed by atoms with E-state index in [4.69, 9.17) is 16.3 Å². The van der Waals surface area contributed by atoms with E-state index < -0.39 is 22.8 Å². The van der Waals surface area contributed by atoms with Gasteiger partial charge in [0.05, 0.1) is 10.6 Å². The quantitative estimate of drug-likeness (QED) is 0.461. The summed E-state index contributed by atoms with van der Waals surface area (Å²) in [4.78, 5) is 27.8. The summed E-state index contributed by atoms with van der Waals surface area (Å²) < 4.78 is 44.4. The SMILES string of the molecule is CNC(=O)c1cccc(Oc2ccc(NC(=O)Nc3ccc(Cl)c(C(F)(F)F)c3)cc2)n1. The molecular formula is C21H16ClF3N4O3. The van der Waals surface area contributed by atoms with Crippen molar-refractivity contribution in [3.8, 4) is 11.6 Å². The van der Waals surface area contributed by atoms with Crippen LogP contribution in [0.2, 0.25) is 5.02 Å². The van der Waals surface area contributed by atoms with Crippen molar-refractivity contribution in [1.82, 2.24) is 10.3 Å². The molecule has 0 aliphatic carbocycles. The van der Waals surface area contributed by atoms with E-state index in [0.717, 1.165) is 12.1 Å². The number of rotatable bonds is 5. The Kier molecular flexibility index (Phi) is 6.84. The molecule has 166 valence electrons. The predicted octanol–water partition coefficient (Wildman–Crippen LogP) is 5.55. The van der Waals surface area contributed by atoms with Crippen molar-refractivity contribution in [3.63, 3.8) is 0 Å². The summed E-state index contributed by atoms with van der Waals surface area (Å²) in [6.07, 6.45) is -4.64. The molecule has 11 heteroatoms. The molecule has 0 spiro atoms. The zero-order valence-corrected chi connectivity index (χ0v) is 17.2. The molecule has 1 heterocycles. The molecule has 0 aliphatic rings. The summed E-state index contributed by atoms with van der Waals surface area (Å²) in [5.74, 6) is 0.238. The maximum absolute atomic E-state index is 12.9. The summed E-state index contributed by atoms with van der Waals surface area (Å²) in [5, 5.41) is 6.82. The Morgan fingerprint density at radius 1 is 0.969 bits per heavy atom. The molecule has 7 nitrogen and oxygen atoms in total. The first-order valence-corrected chi connectivity index (χ1v) is 9.45. The van der Waals surface area contributed by atoms with Crippen LogP contribution in [0.15, 0.2) is 60.7 Å². The molecule has 3 amide bonds. The Morgan fingerprint density at radius 2 is 1.62 bits per heavy atom. The highest BCUT2D eigenvalue weighted by atomic mass is 35.5. The number of alkyl halides is 3. The number of halogens is 4. The fraction of sp³-hybridized carbons (Fsp3) is 0.0952. The second-order valence-electron chi connectivity index (χ2n) is 6.34. The number of urea groups is 1. The third-order valence-electron chi connectivity index (χ3n) is 4.05. The molecule has 0 unspecified atom stereocenters. The van der Waals surface area contributed by atoms with Gasteiger partial charge in [0.1, 0.15) is 11.4 Å². The van der Waals surface area contributed by atoms with Crippen LogP contribution in [0, 0.1) is 0 Å². The standard InChI is InChI=1S/C21H16ClF3N4O3/c1-26-19(30)17-3-2-4-18(29-17)32-14-8-5-12(6-9-14)27-20(31)28-13-7-10-16(22)15(11-13)21(23,24)25/h2-11H,1H3,(H,26,30)(H2,27,28,31). The van der Waals surface area contributed by atoms with Gasteiger partial charge in [-0.2, -0.15) is 13.2 Å². The number of hydrogen-bond donors (Lipinski definition) is 3. The zero-order valence-electron chi connectivity index (χ0n) is 16.5. The van der Waals surface area contributed by atoms with Gasteiger partial charge in [-0.05, 0) is 48.5 Å². The van der Waals surface area contributed by atoms with Gasteiger partial charge in [-0.1, -0.05) is 17.7 Å². The number of carbonyl (C=O) groups excluding carboxylic acids is 2. The van der Waals surface area contributed by atoms with Crippen LogP contribution in [0.25, 0.3) is 0 Å². The van der Waals surface area contributed by atoms with E-state index in [9.17, 15) is 22.8 Å². The highest BCUT2D eigenvalue weighted by molar-refractivity contribution is 6.31. The summed E-state index contributed by atoms with van der Waals surface area (Å²) >= 11 is 5.57. The minimum absolute atomic E-state index is 0.0683. The van der Waals surface area contributed by atoms with Crippen LogP contribution >= 0.6 is 11.6 Å². The maximum atomic E-state index is 12.9. The minimum Gasteiger partial charge on any atom is -0.439 e. The number of carbonyl (C=O) groups is 2. The van der Waals surface area contributed by atoms with Gasteiger partial charge in [0.2, 0.25) is 5.88 Å². The number of pyridine rings is 1. The molecule has 0 aliphatic heterocycles. The van der Waals surface area contributed by atoms with E-state index in [-0.39, 0.29) is 23.2 Å². The monoisotopic (exact) mass is 464 g/mol. The van der Waals surface area contributed by atoms with Crippen molar-refractivity contribution in [1.29, 1.82) is 0 Å². The van der Waals surface area contributed by atoms with Crippen molar-refractivity contribution in [3.05, 3.63) is 76.9 Å². The van der Waals surface area contributed by atoms with E-state index in [0.29, 0.717) is 11.4 Å². The van der Waals surface area contributed by atoms with Crippen molar-refractivity contribution in [2.45, 2.75) is 6.18 Å². The maximum Gasteiger partial charge on any atom is 0.417 e. The van der Waals surface area contributed by atoms with Gasteiger partial charge in [0, 0.05) is 24.5 Å². The lowest BCUT2D eigenvalue weighted by Gasteiger charge is -2.12. The second kappa shape index (κ2) is 9.56. The summed E-state index contributed by atoms with van der Waals surface area (Å²) in [5.41, 5.74) is -0.559. The highest BCUT2D eigenvalue weighted by Crippen LogP contribution is 2.36. The smallest absolute Gasteiger partial charge is 0.417 e. The van der Waals surface area contributed by atoms with Crippen LogP contribution in [-0.2, 0) is 6.18 Å². The molecule has 2 aromatic carbocycles. The van der Waals surface area contributed by atoms with Gasteiger partial charge in [-0.25, -0.2) is 9.78 Å². The van der Waals surface area contributed by atoms with Crippen LogP contribution in [0.5, 0.6) is 11.6 Å². The lowest BCUT2D eigenvalue weighted by Crippen LogP contribution is -2.20. The number of aromatic nitrogens is 1. The summed E-state index contributed by atoms with van der Waals surface area (Å²) in [6.45, 7) is 0. The van der Waals surface area contributed by atoms with Crippen LogP contribution in [0.3, 0.4) is 0 Å². The molecule has 3 N–H and O–H groups in total. The topological polar surface area (TPSA) is 92.4 Å². The predicted molar refractivity (Wildman–Crippen MR) is 113 cm³/mol. The second-order valence-corrected chi connectivity index (χ2v) is 6.75. The molecule has 0 bridgehead atoms. The molecule has 1 aromatic heterocycles. The molecule has 0 saturated carbocycles. The third-order valence-corrected chi connectivity index (χ3v) is 4.38. The van der Waals surface area contributed by atoms with E-state index in [1.165, 1.54) is 31.3 Å². The van der Waals surface area contributed by atoms with Crippen molar-refractivity contribution in [2.24, 2.45) is 0 Å². The average Bonchev–Trinajstić information content (AvgIpc) is 2.75. The van der Waals surface area contributed by atoms with Gasteiger partial charge >= 0.3 is 12.2 Å². The average molecular weight is 465 g/mol. The fourth-order valence-corrected chi connectivity index (χ4v) is 2.79. The molecule has 0 fully saturated rings. The van der Waals surface area contributed by atoms with Gasteiger partial charge in [0.25, 0.3) is 5.91 Å². The first-order chi connectivity index (χ1) is 15.2. The van der Waals surface area contributed by atoms with Crippen LogP contribution in [-0.4, -0.2) is 24.0 Å². The molecule has 32 heavy (non-hydrogen) atoms. The number of nitrogens with zero attached hydrogens (tertiary/aromatic N) is 1. The van der Waals surface area contributed by atoms with Crippen molar-refractivity contribution in [2.75, 3.05) is 17.7 Å². The van der Waals surface area contributed by atoms with E-state index in [2.05, 4.69) is 20.9 Å². The van der Waals surface area contributed by atoms with E-state index in [1.54, 1.807) is 24.3 Å². The number of benzene rings is 2. The number of hydrogen-bond acceptors (Lipinski definition) is 4. The number of anilines is 2. The third kappa shape index (κ3) is 5.88. The number of nitrogens with one attached hydrogen (secondary N) is 3. The number of amides is 3. The van der Waals surface area contributed by atoms with Crippen molar-refractivity contribution < 1.29 is 27.5 Å². The van der Waals surface area contributed by atoms with Crippen molar-refractivity contribution >= 4 is 34.9 Å². The van der Waals surface area contributed by atoms with Crippen LogP contribution in [0.4, 0.5) is 29.3 Å². The van der Waals surface area contributed by atoms with Crippen LogP contribution < -0.4 is 20.7 Å². The Balaban J connectivity index is 1.62. The van der Waals surface area contributed by atoms with Crippen LogP contribution in [0.1, 0.15) is 16.1 Å². The Labute approximate surface area is 185 Å². The fourth-order valence-electron chi connectivity index (χ4n) is 2.57. The molecule has 3 rings (SSSR count). The Hall–Kier alpha value is -3.79. The molecular weight excluding hydrogens is 449 g/mol. The first-order valence-electron chi connectivity index (χ1n) is 9.07. The van der Waals surface area contributed by atoms with Gasteiger partial charge in [-0.3, -0.25) is 4.79 Å². The lowest BCUT2D eigenvalue weighted by molar-refractivity contribution is -0.137. The lowest BCUT2D eigenvalue weighted by atomic mass is 10.2. The van der Waals surface area contributed by atoms with E-state index >= 15 is 0 Å². The minimum atomic E-state index is -4.64. The van der Waals surface area contributed by atoms with Gasteiger partial charge in [-0.15, -0.1) is 0 Å².